The Morgan fingerprint density at radius 3 is 1.80 bits per heavy atom. The molecule has 1 N–H and O–H groups in total. The Balaban J connectivity index is 0.000000300. The van der Waals surface area contributed by atoms with Crippen molar-refractivity contribution in [2.24, 2.45) is 0 Å². The predicted molar refractivity (Wildman–Crippen MR) is 119 cm³/mol. The first kappa shape index (κ1) is 26.0. The van der Waals surface area contributed by atoms with Gasteiger partial charge in [-0.05, 0) is 63.8 Å². The molecule has 30 heavy (non-hydrogen) atoms. The van der Waals surface area contributed by atoms with Gasteiger partial charge in [0.15, 0.2) is 5.78 Å². The normalized spacial score (nSPS) is 11.2. The summed E-state index contributed by atoms with van der Waals surface area (Å²) in [5, 5.41) is 9.33. The van der Waals surface area contributed by atoms with Crippen LogP contribution < -0.4 is 0 Å². The van der Waals surface area contributed by atoms with Gasteiger partial charge in [0.05, 0.1) is 25.2 Å². The van der Waals surface area contributed by atoms with E-state index >= 15 is 0 Å². The van der Waals surface area contributed by atoms with E-state index in [2.05, 4.69) is 9.47 Å². The van der Waals surface area contributed by atoms with E-state index in [0.29, 0.717) is 12.8 Å². The van der Waals surface area contributed by atoms with Gasteiger partial charge in [0.2, 0.25) is 0 Å². The van der Waals surface area contributed by atoms with Crippen molar-refractivity contribution in [3.05, 3.63) is 43.8 Å². The number of hydrogen-bond donors (Lipinski definition) is 1. The number of carbonyl (C=O) groups is 3. The SMILES string of the molecule is COC(=O)CCCc1ccc(C(C)=O)s1.COC(=O)CCCc1ccc(C(C)O)s1. The molecule has 8 heteroatoms. The summed E-state index contributed by atoms with van der Waals surface area (Å²) in [4.78, 5) is 36.8. The highest BCUT2D eigenvalue weighted by atomic mass is 32.1. The lowest BCUT2D eigenvalue weighted by molar-refractivity contribution is -0.141. The molecule has 0 saturated heterocycles. The number of aryl methyl sites for hydroxylation is 2. The van der Waals surface area contributed by atoms with Gasteiger partial charge in [-0.1, -0.05) is 0 Å². The Morgan fingerprint density at radius 2 is 1.40 bits per heavy atom. The van der Waals surface area contributed by atoms with Crippen LogP contribution in [-0.2, 0) is 31.9 Å². The van der Waals surface area contributed by atoms with E-state index in [1.807, 2.05) is 24.3 Å². The van der Waals surface area contributed by atoms with E-state index in [9.17, 15) is 19.5 Å². The third-order valence-corrected chi connectivity index (χ3v) is 6.73. The molecule has 1 unspecified atom stereocenters. The number of thiophene rings is 2. The average Bonchev–Trinajstić information content (AvgIpc) is 3.38. The van der Waals surface area contributed by atoms with Gasteiger partial charge >= 0.3 is 11.9 Å². The highest BCUT2D eigenvalue weighted by Gasteiger charge is 2.07. The van der Waals surface area contributed by atoms with Crippen molar-refractivity contribution in [1.82, 2.24) is 0 Å². The van der Waals surface area contributed by atoms with Crippen LogP contribution in [0.5, 0.6) is 0 Å². The summed E-state index contributed by atoms with van der Waals surface area (Å²) in [7, 11) is 2.79. The Hall–Kier alpha value is -2.03. The maximum absolute atomic E-state index is 11.0. The van der Waals surface area contributed by atoms with E-state index in [-0.39, 0.29) is 17.7 Å². The fraction of sp³-hybridized carbons (Fsp3) is 0.500. The summed E-state index contributed by atoms with van der Waals surface area (Å²) in [6.45, 7) is 3.31. The van der Waals surface area contributed by atoms with Gasteiger partial charge in [-0.25, -0.2) is 0 Å². The average molecular weight is 455 g/mol. The predicted octanol–water partition coefficient (Wildman–Crippen LogP) is 4.74. The lowest BCUT2D eigenvalue weighted by Crippen LogP contribution is -1.99. The lowest BCUT2D eigenvalue weighted by Gasteiger charge is -1.99. The highest BCUT2D eigenvalue weighted by molar-refractivity contribution is 7.14. The molecular weight excluding hydrogens is 424 g/mol. The number of aliphatic hydroxyl groups excluding tert-OH is 1. The molecule has 166 valence electrons. The Labute approximate surface area is 185 Å². The number of carbonyl (C=O) groups excluding carboxylic acids is 3. The molecule has 2 heterocycles. The van der Waals surface area contributed by atoms with Crippen LogP contribution in [0.4, 0.5) is 0 Å². The zero-order chi connectivity index (χ0) is 22.5. The van der Waals surface area contributed by atoms with Crippen LogP contribution in [0.25, 0.3) is 0 Å². The summed E-state index contributed by atoms with van der Waals surface area (Å²) in [6, 6.07) is 7.71. The van der Waals surface area contributed by atoms with Crippen LogP contribution in [0.15, 0.2) is 24.3 Å². The molecule has 0 spiro atoms. The van der Waals surface area contributed by atoms with Gasteiger partial charge < -0.3 is 14.6 Å². The molecule has 0 amide bonds. The third-order valence-electron chi connectivity index (χ3n) is 4.17. The molecule has 2 rings (SSSR count). The van der Waals surface area contributed by atoms with Crippen LogP contribution in [0.3, 0.4) is 0 Å². The van der Waals surface area contributed by atoms with E-state index in [4.69, 9.17) is 0 Å². The molecule has 0 fully saturated rings. The van der Waals surface area contributed by atoms with E-state index in [1.165, 1.54) is 30.4 Å². The van der Waals surface area contributed by atoms with Crippen LogP contribution in [0.1, 0.15) is 69.9 Å². The number of esters is 2. The number of methoxy groups -OCH3 is 2. The van der Waals surface area contributed by atoms with Crippen molar-refractivity contribution in [2.75, 3.05) is 14.2 Å². The molecule has 0 radical (unpaired) electrons. The van der Waals surface area contributed by atoms with Crippen molar-refractivity contribution in [1.29, 1.82) is 0 Å². The molecule has 0 aliphatic heterocycles. The Kier molecular flexibility index (Phi) is 12.2. The van der Waals surface area contributed by atoms with Crippen molar-refractivity contribution >= 4 is 40.4 Å². The van der Waals surface area contributed by atoms with Crippen LogP contribution in [-0.4, -0.2) is 37.0 Å². The number of ether oxygens (including phenoxy) is 2. The highest BCUT2D eigenvalue weighted by Crippen LogP contribution is 2.24. The zero-order valence-electron chi connectivity index (χ0n) is 17.9. The van der Waals surface area contributed by atoms with Gasteiger partial charge in [-0.15, -0.1) is 22.7 Å². The number of hydrogen-bond acceptors (Lipinski definition) is 8. The van der Waals surface area contributed by atoms with Gasteiger partial charge in [-0.3, -0.25) is 14.4 Å². The smallest absolute Gasteiger partial charge is 0.305 e. The minimum Gasteiger partial charge on any atom is -0.469 e. The van der Waals surface area contributed by atoms with E-state index < -0.39 is 6.10 Å². The Bertz CT molecular complexity index is 806. The second kappa shape index (κ2) is 14.1. The summed E-state index contributed by atoms with van der Waals surface area (Å²) in [5.41, 5.74) is 0. The van der Waals surface area contributed by atoms with Crippen LogP contribution >= 0.6 is 22.7 Å². The van der Waals surface area contributed by atoms with Crippen LogP contribution in [0, 0.1) is 0 Å². The molecular formula is C22H30O6S2. The zero-order valence-corrected chi connectivity index (χ0v) is 19.6. The molecule has 0 aliphatic carbocycles. The van der Waals surface area contributed by atoms with Gasteiger partial charge in [-0.2, -0.15) is 0 Å². The van der Waals surface area contributed by atoms with E-state index in [1.54, 1.807) is 25.2 Å². The number of Topliss-reactive ketones (excluding diaryl/α,β-unsaturated/α-hetero) is 1. The van der Waals surface area contributed by atoms with Gasteiger partial charge in [0.1, 0.15) is 0 Å². The lowest BCUT2D eigenvalue weighted by atomic mass is 10.2. The molecule has 0 bridgehead atoms. The third kappa shape index (κ3) is 10.1. The molecule has 0 aliphatic rings. The fourth-order valence-electron chi connectivity index (χ4n) is 2.47. The molecule has 1 atom stereocenters. The quantitative estimate of drug-likeness (QED) is 0.412. The Morgan fingerprint density at radius 1 is 0.900 bits per heavy atom. The second-order valence-corrected chi connectivity index (χ2v) is 9.03. The molecule has 2 aromatic rings. The minimum atomic E-state index is -0.399. The van der Waals surface area contributed by atoms with Crippen LogP contribution in [0.2, 0.25) is 0 Å². The van der Waals surface area contributed by atoms with Crippen molar-refractivity contribution in [3.63, 3.8) is 0 Å². The maximum Gasteiger partial charge on any atom is 0.305 e. The molecule has 2 aromatic heterocycles. The number of rotatable bonds is 10. The largest absolute Gasteiger partial charge is 0.469 e. The van der Waals surface area contributed by atoms with E-state index in [0.717, 1.165) is 40.3 Å². The monoisotopic (exact) mass is 454 g/mol. The summed E-state index contributed by atoms with van der Waals surface area (Å²) in [5.74, 6) is -0.250. The summed E-state index contributed by atoms with van der Waals surface area (Å²) >= 11 is 3.10. The fourth-order valence-corrected chi connectivity index (χ4v) is 4.41. The molecule has 6 nitrogen and oxygen atoms in total. The van der Waals surface area contributed by atoms with Crippen molar-refractivity contribution in [2.45, 2.75) is 58.5 Å². The standard InChI is InChI=1S/C11H16O3S.C11H14O3S/c2*1-8(12)10-7-6-9(15-10)4-3-5-11(13)14-2/h6-8,12H,3-5H2,1-2H3;6-7H,3-5H2,1-2H3. The number of ketones is 1. The summed E-state index contributed by atoms with van der Waals surface area (Å²) in [6.07, 6.45) is 3.75. The first-order valence-corrected chi connectivity index (χ1v) is 11.4. The van der Waals surface area contributed by atoms with Crippen molar-refractivity contribution < 1.29 is 29.0 Å². The minimum absolute atomic E-state index is 0.0965. The molecule has 0 saturated carbocycles. The first-order valence-electron chi connectivity index (χ1n) is 9.76. The van der Waals surface area contributed by atoms with Crippen molar-refractivity contribution in [3.8, 4) is 0 Å². The maximum atomic E-state index is 11.0. The molecule has 0 aromatic carbocycles. The topological polar surface area (TPSA) is 89.9 Å². The number of aliphatic hydroxyl groups is 1. The second-order valence-electron chi connectivity index (χ2n) is 6.66. The first-order chi connectivity index (χ1) is 14.3. The van der Waals surface area contributed by atoms with Gasteiger partial charge in [0.25, 0.3) is 0 Å². The van der Waals surface area contributed by atoms with Gasteiger partial charge in [0, 0.05) is 27.5 Å². The summed E-state index contributed by atoms with van der Waals surface area (Å²) < 4.78 is 9.10.